The number of hydrogen-bond donors (Lipinski definition) is 1. The fraction of sp³-hybridized carbons (Fsp3) is 0.250. The second-order valence-electron chi connectivity index (χ2n) is 4.53. The van der Waals surface area contributed by atoms with Crippen molar-refractivity contribution < 1.29 is 13.9 Å². The van der Waals surface area contributed by atoms with E-state index < -0.39 is 5.67 Å². The Balaban J connectivity index is 2.66. The summed E-state index contributed by atoms with van der Waals surface area (Å²) < 4.78 is 26.7. The third-order valence-corrected chi connectivity index (χ3v) is 4.18. The lowest BCUT2D eigenvalue weighted by Crippen LogP contribution is -2.32. The van der Waals surface area contributed by atoms with Crippen LogP contribution in [0.5, 0.6) is 11.5 Å². The predicted molar refractivity (Wildman–Crippen MR) is 84.6 cm³/mol. The van der Waals surface area contributed by atoms with Crippen LogP contribution in [0.25, 0.3) is 0 Å². The van der Waals surface area contributed by atoms with Gasteiger partial charge in [-0.2, -0.15) is 0 Å². The molecule has 112 valence electrons. The third kappa shape index (κ3) is 2.76. The first kappa shape index (κ1) is 15.8. The molecule has 2 aromatic carbocycles. The summed E-state index contributed by atoms with van der Waals surface area (Å²) in [6, 6.07) is 12.2. The Labute approximate surface area is 132 Å². The summed E-state index contributed by atoms with van der Waals surface area (Å²) in [6.07, 6.45) is 0. The molecule has 21 heavy (non-hydrogen) atoms. The van der Waals surface area contributed by atoms with Gasteiger partial charge in [0.25, 0.3) is 0 Å². The monoisotopic (exact) mass is 353 g/mol. The maximum absolute atomic E-state index is 15.6. The smallest absolute Gasteiger partial charge is 0.176 e. The molecule has 0 saturated heterocycles. The Morgan fingerprint density at radius 2 is 1.76 bits per heavy atom. The largest absolute Gasteiger partial charge is 0.495 e. The van der Waals surface area contributed by atoms with E-state index in [1.165, 1.54) is 7.11 Å². The van der Waals surface area contributed by atoms with Crippen LogP contribution in [0.2, 0.25) is 0 Å². The molecule has 0 bridgehead atoms. The van der Waals surface area contributed by atoms with Gasteiger partial charge in [-0.25, -0.2) is 4.39 Å². The number of methoxy groups -OCH3 is 2. The fourth-order valence-corrected chi connectivity index (χ4v) is 2.96. The van der Waals surface area contributed by atoms with Gasteiger partial charge < -0.3 is 15.2 Å². The maximum Gasteiger partial charge on any atom is 0.176 e. The van der Waals surface area contributed by atoms with E-state index >= 15 is 4.39 Å². The molecule has 0 aromatic heterocycles. The van der Waals surface area contributed by atoms with Gasteiger partial charge in [-0.15, -0.1) is 0 Å². The van der Waals surface area contributed by atoms with Crippen LogP contribution >= 0.6 is 15.9 Å². The molecule has 1 atom stereocenters. The first-order valence-corrected chi connectivity index (χ1v) is 7.23. The molecule has 0 aliphatic carbocycles. The highest BCUT2D eigenvalue weighted by molar-refractivity contribution is 9.10. The lowest BCUT2D eigenvalue weighted by atomic mass is 9.87. The molecule has 5 heteroatoms. The van der Waals surface area contributed by atoms with Crippen LogP contribution in [0.4, 0.5) is 4.39 Å². The third-order valence-electron chi connectivity index (χ3n) is 3.43. The van der Waals surface area contributed by atoms with Crippen molar-refractivity contribution in [3.05, 3.63) is 58.1 Å². The predicted octanol–water partition coefficient (Wildman–Crippen LogP) is 3.64. The van der Waals surface area contributed by atoms with Gasteiger partial charge in [0.05, 0.1) is 14.2 Å². The SMILES string of the molecule is COc1ccc(C(F)(CN)c2ccccc2)c(OC)c1Br. The van der Waals surface area contributed by atoms with Crippen molar-refractivity contribution in [1.82, 2.24) is 0 Å². The van der Waals surface area contributed by atoms with E-state index in [0.29, 0.717) is 27.1 Å². The molecule has 0 aliphatic rings. The van der Waals surface area contributed by atoms with Crippen LogP contribution in [0.15, 0.2) is 46.9 Å². The van der Waals surface area contributed by atoms with Crippen molar-refractivity contribution in [3.63, 3.8) is 0 Å². The Kier molecular flexibility index (Phi) is 4.85. The van der Waals surface area contributed by atoms with Crippen molar-refractivity contribution in [2.24, 2.45) is 5.73 Å². The average Bonchev–Trinajstić information content (AvgIpc) is 2.54. The zero-order valence-corrected chi connectivity index (χ0v) is 13.5. The maximum atomic E-state index is 15.6. The number of halogens is 2. The van der Waals surface area contributed by atoms with E-state index in [9.17, 15) is 0 Å². The summed E-state index contributed by atoms with van der Waals surface area (Å²) in [5.41, 5.74) is 4.76. The van der Waals surface area contributed by atoms with Crippen LogP contribution in [0.3, 0.4) is 0 Å². The summed E-state index contributed by atoms with van der Waals surface area (Å²) in [5.74, 6) is 0.953. The molecular formula is C16H17BrFNO2. The Bertz CT molecular complexity index is 621. The highest BCUT2D eigenvalue weighted by Gasteiger charge is 2.36. The molecular weight excluding hydrogens is 337 g/mol. The molecule has 0 fully saturated rings. The highest BCUT2D eigenvalue weighted by Crippen LogP contribution is 2.45. The zero-order valence-electron chi connectivity index (χ0n) is 11.9. The molecule has 0 aliphatic heterocycles. The fourth-order valence-electron chi connectivity index (χ4n) is 2.29. The van der Waals surface area contributed by atoms with Crippen LogP contribution in [-0.2, 0) is 5.67 Å². The molecule has 0 amide bonds. The van der Waals surface area contributed by atoms with E-state index in [1.54, 1.807) is 43.5 Å². The van der Waals surface area contributed by atoms with Gasteiger partial charge in [0.1, 0.15) is 16.0 Å². The molecule has 2 aromatic rings. The van der Waals surface area contributed by atoms with Gasteiger partial charge in [-0.1, -0.05) is 30.3 Å². The number of nitrogens with two attached hydrogens (primary N) is 1. The minimum absolute atomic E-state index is 0.188. The number of alkyl halides is 1. The number of ether oxygens (including phenoxy) is 2. The van der Waals surface area contributed by atoms with Crippen LogP contribution in [0, 0.1) is 0 Å². The molecule has 0 radical (unpaired) electrons. The summed E-state index contributed by atoms with van der Waals surface area (Å²) in [6.45, 7) is -0.188. The van der Waals surface area contributed by atoms with Crippen molar-refractivity contribution in [2.45, 2.75) is 5.67 Å². The van der Waals surface area contributed by atoms with E-state index in [2.05, 4.69) is 15.9 Å². The highest BCUT2D eigenvalue weighted by atomic mass is 79.9. The van der Waals surface area contributed by atoms with Gasteiger partial charge in [0.2, 0.25) is 0 Å². The first-order valence-electron chi connectivity index (χ1n) is 6.44. The summed E-state index contributed by atoms with van der Waals surface area (Å²) >= 11 is 3.39. The van der Waals surface area contributed by atoms with Gasteiger partial charge >= 0.3 is 0 Å². The molecule has 2 N–H and O–H groups in total. The summed E-state index contributed by atoms with van der Waals surface area (Å²) in [4.78, 5) is 0. The second-order valence-corrected chi connectivity index (χ2v) is 5.33. The Hall–Kier alpha value is -1.59. The molecule has 0 heterocycles. The minimum atomic E-state index is -1.83. The lowest BCUT2D eigenvalue weighted by molar-refractivity contribution is 0.223. The molecule has 0 spiro atoms. The van der Waals surface area contributed by atoms with Crippen LogP contribution in [0.1, 0.15) is 11.1 Å². The van der Waals surface area contributed by atoms with Gasteiger partial charge in [-0.3, -0.25) is 0 Å². The minimum Gasteiger partial charge on any atom is -0.495 e. The quantitative estimate of drug-likeness (QED) is 0.892. The standard InChI is InChI=1S/C16H17BrFNO2/c1-20-13-9-8-12(15(21-2)14(13)17)16(18,10-19)11-6-4-3-5-7-11/h3-9H,10,19H2,1-2H3. The number of rotatable bonds is 5. The molecule has 1 unspecified atom stereocenters. The topological polar surface area (TPSA) is 44.5 Å². The summed E-state index contributed by atoms with van der Waals surface area (Å²) in [7, 11) is 3.03. The number of hydrogen-bond acceptors (Lipinski definition) is 3. The van der Waals surface area contributed by atoms with Gasteiger partial charge in [0.15, 0.2) is 5.67 Å². The van der Waals surface area contributed by atoms with Crippen molar-refractivity contribution in [1.29, 1.82) is 0 Å². The van der Waals surface area contributed by atoms with Crippen molar-refractivity contribution >= 4 is 15.9 Å². The van der Waals surface area contributed by atoms with Gasteiger partial charge in [-0.05, 0) is 33.6 Å². The average molecular weight is 354 g/mol. The van der Waals surface area contributed by atoms with E-state index in [4.69, 9.17) is 15.2 Å². The van der Waals surface area contributed by atoms with Crippen LogP contribution in [-0.4, -0.2) is 20.8 Å². The lowest BCUT2D eigenvalue weighted by Gasteiger charge is -2.27. The van der Waals surface area contributed by atoms with Crippen LogP contribution < -0.4 is 15.2 Å². The van der Waals surface area contributed by atoms with E-state index in [0.717, 1.165) is 0 Å². The zero-order chi connectivity index (χ0) is 15.5. The first-order chi connectivity index (χ1) is 10.1. The van der Waals surface area contributed by atoms with E-state index in [1.807, 2.05) is 6.07 Å². The van der Waals surface area contributed by atoms with Crippen molar-refractivity contribution in [2.75, 3.05) is 20.8 Å². The molecule has 0 saturated carbocycles. The normalized spacial score (nSPS) is 13.6. The second kappa shape index (κ2) is 6.45. The number of benzene rings is 2. The Morgan fingerprint density at radius 1 is 1.10 bits per heavy atom. The Morgan fingerprint density at radius 3 is 2.29 bits per heavy atom. The molecule has 3 nitrogen and oxygen atoms in total. The van der Waals surface area contributed by atoms with Gasteiger partial charge in [0, 0.05) is 12.1 Å². The summed E-state index contributed by atoms with van der Waals surface area (Å²) in [5, 5.41) is 0. The van der Waals surface area contributed by atoms with E-state index in [-0.39, 0.29) is 6.54 Å². The van der Waals surface area contributed by atoms with Crippen molar-refractivity contribution in [3.8, 4) is 11.5 Å². The molecule has 2 rings (SSSR count).